The number of nitrogens with one attached hydrogen (secondary N) is 2. The predicted molar refractivity (Wildman–Crippen MR) is 111 cm³/mol. The van der Waals surface area contributed by atoms with E-state index >= 15 is 0 Å². The van der Waals surface area contributed by atoms with E-state index < -0.39 is 0 Å². The Labute approximate surface area is 166 Å². The van der Waals surface area contributed by atoms with Crippen molar-refractivity contribution in [2.24, 2.45) is 0 Å². The van der Waals surface area contributed by atoms with Gasteiger partial charge in [-0.1, -0.05) is 41.9 Å². The molecule has 0 atom stereocenters. The quantitative estimate of drug-likeness (QED) is 0.474. The Morgan fingerprint density at radius 3 is 2.68 bits per heavy atom. The third kappa shape index (κ3) is 3.58. The highest BCUT2D eigenvalue weighted by atomic mass is 35.5. The van der Waals surface area contributed by atoms with Gasteiger partial charge >= 0.3 is 0 Å². The number of aromatic amines is 1. The Balaban J connectivity index is 1.62. The number of anilines is 2. The summed E-state index contributed by atoms with van der Waals surface area (Å²) in [7, 11) is 0. The van der Waals surface area contributed by atoms with Crippen LogP contribution in [-0.2, 0) is 0 Å². The molecule has 0 saturated carbocycles. The van der Waals surface area contributed by atoms with Crippen LogP contribution in [0.5, 0.6) is 0 Å². The first-order valence-corrected chi connectivity index (χ1v) is 8.91. The van der Waals surface area contributed by atoms with Crippen molar-refractivity contribution in [1.29, 1.82) is 0 Å². The van der Waals surface area contributed by atoms with Crippen LogP contribution in [0.3, 0.4) is 0 Å². The van der Waals surface area contributed by atoms with E-state index in [4.69, 9.17) is 17.3 Å². The van der Waals surface area contributed by atoms with Gasteiger partial charge in [-0.2, -0.15) is 0 Å². The summed E-state index contributed by atoms with van der Waals surface area (Å²) >= 11 is 6.36. The molecule has 2 aromatic heterocycles. The molecule has 138 valence electrons. The second kappa shape index (κ2) is 7.54. The van der Waals surface area contributed by atoms with E-state index in [1.807, 2.05) is 30.3 Å². The molecule has 28 heavy (non-hydrogen) atoms. The molecule has 0 saturated heterocycles. The lowest BCUT2D eigenvalue weighted by Crippen LogP contribution is -2.14. The molecule has 0 aliphatic carbocycles. The lowest BCUT2D eigenvalue weighted by molar-refractivity contribution is 0.102. The smallest absolute Gasteiger partial charge is 0.257 e. The molecule has 0 aliphatic rings. The highest BCUT2D eigenvalue weighted by Gasteiger charge is 2.13. The van der Waals surface area contributed by atoms with E-state index in [1.165, 1.54) is 12.4 Å². The number of nitrogen functional groups attached to an aromatic ring is 1. The molecular weight excluding hydrogens is 374 g/mol. The summed E-state index contributed by atoms with van der Waals surface area (Å²) in [5.74, 6) is 0.293. The van der Waals surface area contributed by atoms with Crippen LogP contribution < -0.4 is 11.1 Å². The Morgan fingerprint density at radius 1 is 1.07 bits per heavy atom. The van der Waals surface area contributed by atoms with Crippen molar-refractivity contribution in [3.8, 4) is 22.6 Å². The van der Waals surface area contributed by atoms with Crippen LogP contribution in [0.4, 0.5) is 11.4 Å². The van der Waals surface area contributed by atoms with Crippen molar-refractivity contribution in [1.82, 2.24) is 15.0 Å². The average Bonchev–Trinajstić information content (AvgIpc) is 3.20. The van der Waals surface area contributed by atoms with Gasteiger partial charge in [-0.15, -0.1) is 0 Å². The van der Waals surface area contributed by atoms with Gasteiger partial charge in [0.05, 0.1) is 34.4 Å². The zero-order valence-corrected chi connectivity index (χ0v) is 15.4. The van der Waals surface area contributed by atoms with Crippen LogP contribution in [0.2, 0.25) is 5.02 Å². The first-order chi connectivity index (χ1) is 13.6. The number of H-pyrrole nitrogens is 1. The number of benzene rings is 2. The molecule has 2 heterocycles. The number of hydrogen-bond donors (Lipinski definition) is 3. The van der Waals surface area contributed by atoms with Crippen LogP contribution in [0, 0.1) is 0 Å². The van der Waals surface area contributed by atoms with Crippen molar-refractivity contribution < 1.29 is 4.79 Å². The molecule has 6 nitrogen and oxygen atoms in total. The SMILES string of the molecule is Nc1cnccc1C(=O)Nc1ccc(Cl)c(-c2ncc(-c3ccccc3)[nH]2)c1. The summed E-state index contributed by atoms with van der Waals surface area (Å²) in [6.45, 7) is 0. The normalized spacial score (nSPS) is 10.6. The van der Waals surface area contributed by atoms with Gasteiger partial charge < -0.3 is 16.0 Å². The maximum Gasteiger partial charge on any atom is 0.257 e. The highest BCUT2D eigenvalue weighted by molar-refractivity contribution is 6.33. The van der Waals surface area contributed by atoms with Crippen molar-refractivity contribution in [2.75, 3.05) is 11.1 Å². The Bertz CT molecular complexity index is 1140. The number of hydrogen-bond acceptors (Lipinski definition) is 4. The van der Waals surface area contributed by atoms with E-state index in [0.717, 1.165) is 11.3 Å². The topological polar surface area (TPSA) is 96.7 Å². The van der Waals surface area contributed by atoms with E-state index in [9.17, 15) is 4.79 Å². The number of rotatable bonds is 4. The molecule has 0 bridgehead atoms. The maximum absolute atomic E-state index is 12.5. The fourth-order valence-electron chi connectivity index (χ4n) is 2.82. The second-order valence-corrected chi connectivity index (χ2v) is 6.53. The van der Waals surface area contributed by atoms with Crippen LogP contribution >= 0.6 is 11.6 Å². The fraction of sp³-hybridized carbons (Fsp3) is 0. The largest absolute Gasteiger partial charge is 0.397 e. The van der Waals surface area contributed by atoms with Gasteiger partial charge in [-0.25, -0.2) is 4.98 Å². The third-order valence-corrected chi connectivity index (χ3v) is 4.57. The predicted octanol–water partition coefficient (Wildman–Crippen LogP) is 4.63. The van der Waals surface area contributed by atoms with Gasteiger partial charge in [0.25, 0.3) is 5.91 Å². The fourth-order valence-corrected chi connectivity index (χ4v) is 3.03. The monoisotopic (exact) mass is 389 g/mol. The van der Waals surface area contributed by atoms with E-state index in [0.29, 0.717) is 33.3 Å². The van der Waals surface area contributed by atoms with Crippen molar-refractivity contribution in [3.05, 3.63) is 83.8 Å². The van der Waals surface area contributed by atoms with Gasteiger partial charge in [0.15, 0.2) is 0 Å². The summed E-state index contributed by atoms with van der Waals surface area (Å²) in [6.07, 6.45) is 4.71. The molecule has 0 aliphatic heterocycles. The number of nitrogens with zero attached hydrogens (tertiary/aromatic N) is 2. The summed E-state index contributed by atoms with van der Waals surface area (Å²) in [5.41, 5.74) is 9.66. The number of carbonyl (C=O) groups excluding carboxylic acids is 1. The Hall–Kier alpha value is -3.64. The van der Waals surface area contributed by atoms with Gasteiger partial charge in [0.1, 0.15) is 5.82 Å². The Morgan fingerprint density at radius 2 is 1.89 bits per heavy atom. The molecule has 4 aromatic rings. The van der Waals surface area contributed by atoms with Crippen LogP contribution in [-0.4, -0.2) is 20.9 Å². The number of amides is 1. The highest BCUT2D eigenvalue weighted by Crippen LogP contribution is 2.30. The summed E-state index contributed by atoms with van der Waals surface area (Å²) in [5, 5.41) is 3.35. The summed E-state index contributed by atoms with van der Waals surface area (Å²) < 4.78 is 0. The van der Waals surface area contributed by atoms with Crippen LogP contribution in [0.25, 0.3) is 22.6 Å². The second-order valence-electron chi connectivity index (χ2n) is 6.12. The molecule has 2 aromatic carbocycles. The number of nitrogens with two attached hydrogens (primary N) is 1. The molecule has 0 radical (unpaired) electrons. The van der Waals surface area contributed by atoms with Gasteiger partial charge in [0.2, 0.25) is 0 Å². The zero-order valence-electron chi connectivity index (χ0n) is 14.7. The number of aromatic nitrogens is 3. The summed E-state index contributed by atoms with van der Waals surface area (Å²) in [6, 6.07) is 16.6. The lowest BCUT2D eigenvalue weighted by Gasteiger charge is -2.09. The number of carbonyl (C=O) groups is 1. The molecular formula is C21H16ClN5O. The zero-order chi connectivity index (χ0) is 19.5. The molecule has 0 unspecified atom stereocenters. The first kappa shape index (κ1) is 17.8. The average molecular weight is 390 g/mol. The van der Waals surface area contributed by atoms with Gasteiger partial charge in [0, 0.05) is 17.4 Å². The van der Waals surface area contributed by atoms with Crippen molar-refractivity contribution in [3.63, 3.8) is 0 Å². The third-order valence-electron chi connectivity index (χ3n) is 4.24. The van der Waals surface area contributed by atoms with E-state index in [2.05, 4.69) is 20.3 Å². The molecule has 7 heteroatoms. The molecule has 4 N–H and O–H groups in total. The number of halogens is 1. The maximum atomic E-state index is 12.5. The molecule has 0 spiro atoms. The first-order valence-electron chi connectivity index (χ1n) is 8.53. The van der Waals surface area contributed by atoms with Gasteiger partial charge in [-0.3, -0.25) is 9.78 Å². The van der Waals surface area contributed by atoms with Crippen molar-refractivity contribution >= 4 is 28.9 Å². The van der Waals surface area contributed by atoms with E-state index in [-0.39, 0.29) is 5.91 Å². The van der Waals surface area contributed by atoms with Crippen LogP contribution in [0.1, 0.15) is 10.4 Å². The van der Waals surface area contributed by atoms with Crippen LogP contribution in [0.15, 0.2) is 73.2 Å². The van der Waals surface area contributed by atoms with E-state index in [1.54, 1.807) is 30.5 Å². The van der Waals surface area contributed by atoms with Gasteiger partial charge in [-0.05, 0) is 29.8 Å². The summed E-state index contributed by atoms with van der Waals surface area (Å²) in [4.78, 5) is 24.1. The molecule has 4 rings (SSSR count). The number of imidazole rings is 1. The molecule has 1 amide bonds. The van der Waals surface area contributed by atoms with Crippen molar-refractivity contribution in [2.45, 2.75) is 0 Å². The minimum absolute atomic E-state index is 0.313. The lowest BCUT2D eigenvalue weighted by atomic mass is 10.1. The standard InChI is InChI=1S/C21H16ClN5O/c22-17-7-6-14(26-21(28)15-8-9-24-11-18(15)23)10-16(17)20-25-12-19(27-20)13-4-2-1-3-5-13/h1-12H,23H2,(H,25,27)(H,26,28). The minimum Gasteiger partial charge on any atom is -0.397 e. The Kier molecular flexibility index (Phi) is 4.78. The number of pyridine rings is 1. The minimum atomic E-state index is -0.322. The molecule has 0 fully saturated rings.